The summed E-state index contributed by atoms with van der Waals surface area (Å²) in [7, 11) is 1.97. The second-order valence-electron chi connectivity index (χ2n) is 4.29. The summed E-state index contributed by atoms with van der Waals surface area (Å²) in [4.78, 5) is 2.66. The van der Waals surface area contributed by atoms with Crippen LogP contribution >= 0.6 is 38.9 Å². The molecule has 0 aliphatic rings. The summed E-state index contributed by atoms with van der Waals surface area (Å²) < 4.78 is 1.00. The molecule has 2 aromatic rings. The molecule has 1 unspecified atom stereocenters. The normalized spacial score (nSPS) is 12.7. The van der Waals surface area contributed by atoms with Crippen LogP contribution in [0.4, 0.5) is 0 Å². The smallest absolute Gasteiger partial charge is 0.0685 e. The van der Waals surface area contributed by atoms with Crippen LogP contribution in [-0.4, -0.2) is 7.05 Å². The number of benzene rings is 1. The van der Waals surface area contributed by atoms with Gasteiger partial charge >= 0.3 is 0 Å². The van der Waals surface area contributed by atoms with Gasteiger partial charge in [0.1, 0.15) is 0 Å². The molecule has 0 saturated carbocycles. The van der Waals surface area contributed by atoms with Crippen LogP contribution in [0.5, 0.6) is 0 Å². The summed E-state index contributed by atoms with van der Waals surface area (Å²) in [6.45, 7) is 4.28. The Balaban J connectivity index is 2.48. The van der Waals surface area contributed by atoms with Crippen LogP contribution in [0.3, 0.4) is 0 Å². The second kappa shape index (κ2) is 5.74. The zero-order valence-electron chi connectivity index (χ0n) is 10.6. The lowest BCUT2D eigenvalue weighted by molar-refractivity contribution is 0.700. The number of hydrogen-bond donors (Lipinski definition) is 1. The minimum atomic E-state index is 0.157. The monoisotopic (exact) mass is 343 g/mol. The minimum Gasteiger partial charge on any atom is -0.309 e. The number of aryl methyl sites for hydroxylation is 2. The summed E-state index contributed by atoms with van der Waals surface area (Å²) in [6.07, 6.45) is 0. The zero-order chi connectivity index (χ0) is 13.3. The Morgan fingerprint density at radius 2 is 2.00 bits per heavy atom. The summed E-state index contributed by atoms with van der Waals surface area (Å²) in [5.74, 6) is 0. The molecule has 1 aromatic carbocycles. The van der Waals surface area contributed by atoms with Gasteiger partial charge in [-0.15, -0.1) is 11.3 Å². The first-order chi connectivity index (χ1) is 8.52. The van der Waals surface area contributed by atoms with Crippen molar-refractivity contribution in [3.63, 3.8) is 0 Å². The molecule has 1 heterocycles. The molecule has 96 valence electrons. The molecule has 0 bridgehead atoms. The maximum atomic E-state index is 6.35. The SMILES string of the molecule is CNC(c1ccc(Br)cc1Cl)c1sc(C)cc1C. The first-order valence-electron chi connectivity index (χ1n) is 5.72. The van der Waals surface area contributed by atoms with Crippen molar-refractivity contribution >= 4 is 38.9 Å². The third kappa shape index (κ3) is 2.80. The van der Waals surface area contributed by atoms with E-state index in [1.54, 1.807) is 0 Å². The van der Waals surface area contributed by atoms with Gasteiger partial charge in [-0.05, 0) is 50.2 Å². The van der Waals surface area contributed by atoms with Crippen LogP contribution in [0.2, 0.25) is 5.02 Å². The summed E-state index contributed by atoms with van der Waals surface area (Å²) in [5, 5.41) is 4.15. The molecule has 2 rings (SSSR count). The predicted octanol–water partition coefficient (Wildman–Crippen LogP) is 5.09. The maximum Gasteiger partial charge on any atom is 0.0685 e. The van der Waals surface area contributed by atoms with Crippen LogP contribution in [0, 0.1) is 13.8 Å². The topological polar surface area (TPSA) is 12.0 Å². The summed E-state index contributed by atoms with van der Waals surface area (Å²) in [5.41, 5.74) is 2.43. The molecule has 1 atom stereocenters. The van der Waals surface area contributed by atoms with Gasteiger partial charge in [-0.2, -0.15) is 0 Å². The quantitative estimate of drug-likeness (QED) is 0.818. The van der Waals surface area contributed by atoms with E-state index in [4.69, 9.17) is 11.6 Å². The van der Waals surface area contributed by atoms with E-state index in [0.717, 1.165) is 15.1 Å². The van der Waals surface area contributed by atoms with Crippen molar-refractivity contribution < 1.29 is 0 Å². The van der Waals surface area contributed by atoms with Gasteiger partial charge in [0, 0.05) is 19.2 Å². The van der Waals surface area contributed by atoms with E-state index in [1.165, 1.54) is 15.3 Å². The van der Waals surface area contributed by atoms with Gasteiger partial charge in [-0.1, -0.05) is 33.6 Å². The molecular formula is C14H15BrClNS. The van der Waals surface area contributed by atoms with Crippen LogP contribution in [0.15, 0.2) is 28.7 Å². The first kappa shape index (κ1) is 14.1. The van der Waals surface area contributed by atoms with Gasteiger partial charge in [0.15, 0.2) is 0 Å². The minimum absolute atomic E-state index is 0.157. The Labute approximate surface area is 125 Å². The average molecular weight is 345 g/mol. The van der Waals surface area contributed by atoms with E-state index in [0.29, 0.717) is 0 Å². The molecule has 0 fully saturated rings. The number of rotatable bonds is 3. The highest BCUT2D eigenvalue weighted by Gasteiger charge is 2.19. The van der Waals surface area contributed by atoms with E-state index in [-0.39, 0.29) is 6.04 Å². The first-order valence-corrected chi connectivity index (χ1v) is 7.71. The molecule has 0 radical (unpaired) electrons. The Morgan fingerprint density at radius 1 is 1.28 bits per heavy atom. The van der Waals surface area contributed by atoms with Gasteiger partial charge < -0.3 is 5.32 Å². The zero-order valence-corrected chi connectivity index (χ0v) is 13.7. The molecule has 0 aliphatic carbocycles. The van der Waals surface area contributed by atoms with Crippen LogP contribution in [0.1, 0.15) is 26.9 Å². The number of halogens is 2. The van der Waals surface area contributed by atoms with Gasteiger partial charge in [-0.25, -0.2) is 0 Å². The highest BCUT2D eigenvalue weighted by atomic mass is 79.9. The number of thiophene rings is 1. The molecule has 1 aromatic heterocycles. The molecule has 18 heavy (non-hydrogen) atoms. The van der Waals surface area contributed by atoms with Crippen LogP contribution in [-0.2, 0) is 0 Å². The summed E-state index contributed by atoms with van der Waals surface area (Å²) in [6, 6.07) is 8.42. The predicted molar refractivity (Wildman–Crippen MR) is 83.8 cm³/mol. The van der Waals surface area contributed by atoms with Crippen LogP contribution in [0.25, 0.3) is 0 Å². The lowest BCUT2D eigenvalue weighted by Gasteiger charge is -2.18. The standard InChI is InChI=1S/C14H15BrClNS/c1-8-6-9(2)18-14(8)13(17-3)11-5-4-10(15)7-12(11)16/h4-7,13,17H,1-3H3. The van der Waals surface area contributed by atoms with Gasteiger partial charge in [0.25, 0.3) is 0 Å². The lowest BCUT2D eigenvalue weighted by Crippen LogP contribution is -2.17. The lowest BCUT2D eigenvalue weighted by atomic mass is 10.0. The van der Waals surface area contributed by atoms with Gasteiger partial charge in [-0.3, -0.25) is 0 Å². The fraction of sp³-hybridized carbons (Fsp3) is 0.286. The highest BCUT2D eigenvalue weighted by Crippen LogP contribution is 2.35. The molecule has 1 N–H and O–H groups in total. The molecule has 0 aliphatic heterocycles. The molecule has 1 nitrogen and oxygen atoms in total. The molecule has 0 spiro atoms. The largest absolute Gasteiger partial charge is 0.309 e. The summed E-state index contributed by atoms with van der Waals surface area (Å²) >= 11 is 11.6. The van der Waals surface area contributed by atoms with E-state index in [9.17, 15) is 0 Å². The van der Waals surface area contributed by atoms with E-state index < -0.39 is 0 Å². The van der Waals surface area contributed by atoms with Crippen molar-refractivity contribution in [3.8, 4) is 0 Å². The van der Waals surface area contributed by atoms with Crippen molar-refractivity contribution in [2.45, 2.75) is 19.9 Å². The Bertz CT molecular complexity index is 565. The van der Waals surface area contributed by atoms with Gasteiger partial charge in [0.05, 0.1) is 6.04 Å². The fourth-order valence-electron chi connectivity index (χ4n) is 2.11. The molecular weight excluding hydrogens is 330 g/mol. The average Bonchev–Trinajstić information content (AvgIpc) is 2.62. The van der Waals surface area contributed by atoms with E-state index in [1.807, 2.05) is 30.5 Å². The third-order valence-corrected chi connectivity index (χ3v) is 4.94. The van der Waals surface area contributed by atoms with E-state index in [2.05, 4.69) is 47.2 Å². The Kier molecular flexibility index (Phi) is 4.49. The fourth-order valence-corrected chi connectivity index (χ4v) is 4.06. The number of nitrogens with one attached hydrogen (secondary N) is 1. The van der Waals surface area contributed by atoms with Crippen molar-refractivity contribution in [2.75, 3.05) is 7.05 Å². The second-order valence-corrected chi connectivity index (χ2v) is 6.90. The molecule has 0 saturated heterocycles. The Hall–Kier alpha value is -0.350. The van der Waals surface area contributed by atoms with Crippen LogP contribution < -0.4 is 5.32 Å². The number of hydrogen-bond acceptors (Lipinski definition) is 2. The molecule has 0 amide bonds. The Morgan fingerprint density at radius 3 is 2.50 bits per heavy atom. The van der Waals surface area contributed by atoms with Crippen molar-refractivity contribution in [3.05, 3.63) is 54.6 Å². The van der Waals surface area contributed by atoms with Gasteiger partial charge in [0.2, 0.25) is 0 Å². The van der Waals surface area contributed by atoms with Crippen molar-refractivity contribution in [1.82, 2.24) is 5.32 Å². The van der Waals surface area contributed by atoms with E-state index >= 15 is 0 Å². The molecule has 4 heteroatoms. The van der Waals surface area contributed by atoms with Crippen molar-refractivity contribution in [1.29, 1.82) is 0 Å². The highest BCUT2D eigenvalue weighted by molar-refractivity contribution is 9.10. The van der Waals surface area contributed by atoms with Crippen molar-refractivity contribution in [2.24, 2.45) is 0 Å². The third-order valence-electron chi connectivity index (χ3n) is 2.90. The maximum absolute atomic E-state index is 6.35.